The number of aromatic amines is 1. The van der Waals surface area contributed by atoms with E-state index in [0.717, 1.165) is 5.69 Å². The normalized spacial score (nSPS) is 10.8. The summed E-state index contributed by atoms with van der Waals surface area (Å²) in [6.07, 6.45) is 3.34. The number of nitrogens with two attached hydrogens (primary N) is 1. The van der Waals surface area contributed by atoms with E-state index in [1.54, 1.807) is 6.20 Å². The van der Waals surface area contributed by atoms with E-state index in [4.69, 9.17) is 10.8 Å². The van der Waals surface area contributed by atoms with Crippen molar-refractivity contribution >= 4 is 18.4 Å². The Morgan fingerprint density at radius 1 is 1.77 bits per heavy atom. The van der Waals surface area contributed by atoms with Gasteiger partial charge in [0.15, 0.2) is 0 Å². The molecule has 1 rings (SSSR count). The van der Waals surface area contributed by atoms with Crippen LogP contribution in [0.4, 0.5) is 0 Å². The summed E-state index contributed by atoms with van der Waals surface area (Å²) in [6.45, 7) is 0. The first-order valence-corrected chi connectivity index (χ1v) is 3.16. The average molecular weight is 403 g/mol. The fourth-order valence-corrected chi connectivity index (χ4v) is 0.721. The van der Waals surface area contributed by atoms with Crippen molar-refractivity contribution in [1.29, 1.82) is 0 Å². The summed E-state index contributed by atoms with van der Waals surface area (Å²) >= 11 is 0. The predicted molar refractivity (Wildman–Crippen MR) is 46.5 cm³/mol. The van der Waals surface area contributed by atoms with Crippen molar-refractivity contribution in [1.82, 2.24) is 9.97 Å². The third-order valence-electron chi connectivity index (χ3n) is 1.31. The minimum atomic E-state index is -1.00. The van der Waals surface area contributed by atoms with Crippen LogP contribution in [0.15, 0.2) is 12.5 Å². The van der Waals surface area contributed by atoms with Gasteiger partial charge in [-0.05, 0) is 0 Å². The number of hydrogen-bond acceptors (Lipinski definition) is 3. The predicted octanol–water partition coefficient (Wildman–Crippen LogP) is -0.482. The number of rotatable bonds is 3. The summed E-state index contributed by atoms with van der Waals surface area (Å²) in [6, 6.07) is -0.851. The molecule has 0 aromatic carbocycles. The molecule has 0 aliphatic rings. The van der Waals surface area contributed by atoms with Crippen molar-refractivity contribution in [2.45, 2.75) is 12.5 Å². The molecular weight excluding hydrogens is 392 g/mol. The topological polar surface area (TPSA) is 92.0 Å². The molecule has 76 valence electrons. The summed E-state index contributed by atoms with van der Waals surface area (Å²) in [5.41, 5.74) is 6.00. The SMILES string of the molecule is Cl.N[C@@H](Cc1cnc[nH]1)C(=O)O.[AtH]. The van der Waals surface area contributed by atoms with Gasteiger partial charge in [-0.15, -0.1) is 12.4 Å². The van der Waals surface area contributed by atoms with Crippen LogP contribution >= 0.6 is 12.4 Å². The zero-order valence-corrected chi connectivity index (χ0v) is 10.6. The molecule has 0 spiro atoms. The van der Waals surface area contributed by atoms with Gasteiger partial charge in [-0.3, -0.25) is 4.79 Å². The van der Waals surface area contributed by atoms with Crippen LogP contribution < -0.4 is 5.73 Å². The summed E-state index contributed by atoms with van der Waals surface area (Å²) in [7, 11) is 0. The van der Waals surface area contributed by atoms with E-state index in [1.165, 1.54) is 6.33 Å². The van der Waals surface area contributed by atoms with Gasteiger partial charge in [0.1, 0.15) is 6.04 Å². The fourth-order valence-electron chi connectivity index (χ4n) is 0.721. The van der Waals surface area contributed by atoms with Gasteiger partial charge < -0.3 is 15.8 Å². The van der Waals surface area contributed by atoms with E-state index < -0.39 is 12.0 Å². The number of hydrogen-bond donors (Lipinski definition) is 3. The molecule has 0 saturated heterocycles. The number of carbonyl (C=O) groups is 1. The van der Waals surface area contributed by atoms with Crippen LogP contribution in [0.1, 0.15) is 5.69 Å². The molecular formula is C6H11AtClN3O2. The second kappa shape index (κ2) is 7.24. The molecule has 0 fully saturated rings. The van der Waals surface area contributed by atoms with Crippen molar-refractivity contribution in [2.75, 3.05) is 0 Å². The second-order valence-corrected chi connectivity index (χ2v) is 2.23. The molecule has 0 amide bonds. The van der Waals surface area contributed by atoms with Crippen molar-refractivity contribution in [3.63, 3.8) is 0 Å². The summed E-state index contributed by atoms with van der Waals surface area (Å²) in [5, 5.41) is 8.42. The van der Waals surface area contributed by atoms with E-state index >= 15 is 0 Å². The first-order chi connectivity index (χ1) is 5.20. The van der Waals surface area contributed by atoms with E-state index in [1.807, 2.05) is 0 Å². The fraction of sp³-hybridized carbons (Fsp3) is 0.333. The standard InChI is InChI=1S/C6H9N3O2.AtH.ClH/c7-5(6(10)11)1-4-2-8-3-9-4;;/h2-3,5H,1,7H2,(H,8,9)(H,10,11);2*1H/t5-;;/m0../s1. The second-order valence-electron chi connectivity index (χ2n) is 2.23. The number of nitrogens with zero attached hydrogens (tertiary/aromatic N) is 1. The minimum absolute atomic E-state index is 0. The zero-order chi connectivity index (χ0) is 8.27. The number of aliphatic carboxylic acids is 1. The van der Waals surface area contributed by atoms with Gasteiger partial charge >= 0.3 is 32.2 Å². The molecule has 0 saturated carbocycles. The van der Waals surface area contributed by atoms with Gasteiger partial charge in [-0.25, -0.2) is 4.98 Å². The molecule has 13 heavy (non-hydrogen) atoms. The molecule has 5 nitrogen and oxygen atoms in total. The van der Waals surface area contributed by atoms with Crippen molar-refractivity contribution in [3.05, 3.63) is 18.2 Å². The number of carboxylic acid groups (broad SMARTS) is 1. The molecule has 0 radical (unpaired) electrons. The van der Waals surface area contributed by atoms with Crippen LogP contribution in [-0.4, -0.2) is 27.1 Å². The van der Waals surface area contributed by atoms with Gasteiger partial charge in [-0.1, -0.05) is 0 Å². The quantitative estimate of drug-likeness (QED) is 0.637. The zero-order valence-electron chi connectivity index (χ0n) is 6.64. The van der Waals surface area contributed by atoms with Crippen molar-refractivity contribution in [2.24, 2.45) is 5.73 Å². The Bertz CT molecular complexity index is 242. The molecule has 1 atom stereocenters. The first-order valence-electron chi connectivity index (χ1n) is 3.16. The third-order valence-corrected chi connectivity index (χ3v) is 1.31. The van der Waals surface area contributed by atoms with Gasteiger partial charge in [-0.2, -0.15) is 0 Å². The van der Waals surface area contributed by atoms with Crippen LogP contribution in [-0.2, 0) is 11.2 Å². The van der Waals surface area contributed by atoms with Gasteiger partial charge in [0.05, 0.1) is 6.33 Å². The summed E-state index contributed by atoms with van der Waals surface area (Å²) in [5.74, 6) is -1.00. The van der Waals surface area contributed by atoms with E-state index in [2.05, 4.69) is 9.97 Å². The number of carboxylic acids is 1. The first kappa shape index (κ1) is 15.3. The van der Waals surface area contributed by atoms with E-state index in [9.17, 15) is 4.79 Å². The number of H-pyrrole nitrogens is 1. The Hall–Kier alpha value is -0.187. The van der Waals surface area contributed by atoms with Crippen LogP contribution in [0.2, 0.25) is 0 Å². The van der Waals surface area contributed by atoms with Crippen molar-refractivity contribution in [3.8, 4) is 0 Å². The number of halogens is 1. The Labute approximate surface area is 101 Å². The third kappa shape index (κ3) is 5.18. The molecule has 1 aromatic rings. The molecule has 0 bridgehead atoms. The average Bonchev–Trinajstić information content (AvgIpc) is 2.39. The van der Waals surface area contributed by atoms with Gasteiger partial charge in [0.2, 0.25) is 0 Å². The molecule has 4 N–H and O–H groups in total. The Balaban J connectivity index is 0. The van der Waals surface area contributed by atoms with E-state index in [0.29, 0.717) is 0 Å². The Kier molecular flexibility index (Phi) is 8.52. The van der Waals surface area contributed by atoms with E-state index in [-0.39, 0.29) is 45.0 Å². The maximum absolute atomic E-state index is 10.3. The number of imidazole rings is 1. The van der Waals surface area contributed by atoms with Crippen LogP contribution in [0.3, 0.4) is 0 Å². The van der Waals surface area contributed by atoms with Crippen molar-refractivity contribution < 1.29 is 36.1 Å². The molecule has 0 unspecified atom stereocenters. The summed E-state index contributed by atoms with van der Waals surface area (Å²) in [4.78, 5) is 16.8. The Morgan fingerprint density at radius 2 is 2.38 bits per heavy atom. The van der Waals surface area contributed by atoms with Crippen LogP contribution in [0.25, 0.3) is 0 Å². The number of aromatic nitrogens is 2. The molecule has 0 aliphatic heterocycles. The summed E-state index contributed by atoms with van der Waals surface area (Å²) < 4.78 is 0. The van der Waals surface area contributed by atoms with Crippen LogP contribution in [0.5, 0.6) is 0 Å². The monoisotopic (exact) mass is 402 g/mol. The molecule has 1 heterocycles. The molecule has 1 aromatic heterocycles. The molecule has 7 heteroatoms. The maximum atomic E-state index is 10.3. The van der Waals surface area contributed by atoms with Crippen LogP contribution in [0, 0.1) is 26.2 Å². The van der Waals surface area contributed by atoms with Gasteiger partial charge in [0.25, 0.3) is 0 Å². The Morgan fingerprint density at radius 3 is 2.77 bits per heavy atom. The number of nitrogens with one attached hydrogen (secondary N) is 1. The molecule has 0 aliphatic carbocycles. The van der Waals surface area contributed by atoms with Gasteiger partial charge in [0, 0.05) is 18.3 Å².